The Labute approximate surface area is 464 Å². The third-order valence-corrected chi connectivity index (χ3v) is 14.2. The van der Waals surface area contributed by atoms with Crippen LogP contribution >= 0.6 is 0 Å². The Morgan fingerprint density at radius 2 is 0.897 bits per heavy atom. The van der Waals surface area contributed by atoms with Crippen molar-refractivity contribution in [2.24, 2.45) is 0 Å². The van der Waals surface area contributed by atoms with Crippen molar-refractivity contribution in [1.82, 2.24) is 5.32 Å². The van der Waals surface area contributed by atoms with Crippen molar-refractivity contribution in [2.45, 2.75) is 266 Å². The lowest BCUT2D eigenvalue weighted by atomic mass is 9.96. The number of nitrogens with one attached hydrogen (secondary N) is 1. The van der Waals surface area contributed by atoms with Crippen LogP contribution in [0.3, 0.4) is 0 Å². The Balaban J connectivity index is 1.42. The first-order valence-corrected chi connectivity index (χ1v) is 29.2. The van der Waals surface area contributed by atoms with E-state index in [-0.39, 0.29) is 18.9 Å². The molecule has 1 amide bonds. The third kappa shape index (κ3) is 26.0. The molecule has 0 aromatic rings. The van der Waals surface area contributed by atoms with Crippen LogP contribution in [0.4, 0.5) is 0 Å². The van der Waals surface area contributed by atoms with Gasteiger partial charge in [0.1, 0.15) is 73.2 Å². The summed E-state index contributed by atoms with van der Waals surface area (Å²) in [5.41, 5.74) is 0. The van der Waals surface area contributed by atoms with Gasteiger partial charge in [-0.25, -0.2) is 0 Å². The Morgan fingerprint density at radius 3 is 1.44 bits per heavy atom. The molecule has 0 aromatic carbocycles. The minimum atomic E-state index is -1.98. The van der Waals surface area contributed by atoms with Gasteiger partial charge in [0.15, 0.2) is 18.9 Å². The fourth-order valence-electron chi connectivity index (χ4n) is 9.42. The van der Waals surface area contributed by atoms with Crippen LogP contribution in [0.15, 0.2) is 72.9 Å². The summed E-state index contributed by atoms with van der Waals surface area (Å²) in [5, 5.41) is 120. The lowest BCUT2D eigenvalue weighted by Crippen LogP contribution is -2.66. The summed E-state index contributed by atoms with van der Waals surface area (Å²) in [6, 6.07) is -0.991. The number of unbranched alkanes of at least 4 members (excludes halogenated alkanes) is 15. The molecule has 3 heterocycles. The van der Waals surface area contributed by atoms with E-state index in [1.54, 1.807) is 6.08 Å². The van der Waals surface area contributed by atoms with E-state index in [4.69, 9.17) is 28.4 Å². The predicted octanol–water partition coefficient (Wildman–Crippen LogP) is 4.65. The summed E-state index contributed by atoms with van der Waals surface area (Å²) in [6.07, 6.45) is 22.1. The first-order valence-electron chi connectivity index (χ1n) is 29.2. The van der Waals surface area contributed by atoms with Gasteiger partial charge >= 0.3 is 0 Å². The molecule has 19 heteroatoms. The molecule has 17 unspecified atom stereocenters. The molecule has 0 bridgehead atoms. The molecule has 450 valence electrons. The molecule has 17 atom stereocenters. The molecular weight excluding hydrogens is 1010 g/mol. The van der Waals surface area contributed by atoms with Crippen molar-refractivity contribution in [2.75, 3.05) is 26.4 Å². The van der Waals surface area contributed by atoms with Crippen molar-refractivity contribution in [3.05, 3.63) is 72.9 Å². The second-order valence-corrected chi connectivity index (χ2v) is 20.7. The second kappa shape index (κ2) is 42.1. The van der Waals surface area contributed by atoms with Crippen molar-refractivity contribution in [1.29, 1.82) is 0 Å². The highest BCUT2D eigenvalue weighted by Gasteiger charge is 2.53. The Morgan fingerprint density at radius 1 is 0.474 bits per heavy atom. The van der Waals surface area contributed by atoms with E-state index in [1.807, 2.05) is 6.08 Å². The maximum atomic E-state index is 13.3. The monoisotopic (exact) mass is 1110 g/mol. The number of ether oxygens (including phenoxy) is 6. The molecule has 78 heavy (non-hydrogen) atoms. The molecule has 3 fully saturated rings. The molecule has 3 saturated heterocycles. The van der Waals surface area contributed by atoms with Crippen molar-refractivity contribution in [3.8, 4) is 0 Å². The van der Waals surface area contributed by atoms with E-state index in [9.17, 15) is 61.0 Å². The van der Waals surface area contributed by atoms with E-state index < -0.39 is 124 Å². The zero-order valence-electron chi connectivity index (χ0n) is 46.6. The van der Waals surface area contributed by atoms with Crippen LogP contribution in [0.5, 0.6) is 0 Å². The molecule has 3 aliphatic rings. The van der Waals surface area contributed by atoms with Gasteiger partial charge in [-0.2, -0.15) is 0 Å². The van der Waals surface area contributed by atoms with Gasteiger partial charge in [0, 0.05) is 6.42 Å². The molecule has 12 N–H and O–H groups in total. The van der Waals surface area contributed by atoms with E-state index >= 15 is 0 Å². The Bertz CT molecular complexity index is 1710. The maximum absolute atomic E-state index is 13.3. The van der Waals surface area contributed by atoms with Crippen LogP contribution in [-0.4, -0.2) is 193 Å². The molecular formula is C59H101NO18. The van der Waals surface area contributed by atoms with Crippen molar-refractivity contribution in [3.63, 3.8) is 0 Å². The molecule has 0 radical (unpaired) electrons. The third-order valence-electron chi connectivity index (χ3n) is 14.2. The average molecular weight is 1110 g/mol. The van der Waals surface area contributed by atoms with Crippen molar-refractivity contribution < 1.29 is 89.4 Å². The largest absolute Gasteiger partial charge is 0.394 e. The lowest BCUT2D eigenvalue weighted by Gasteiger charge is -2.48. The standard InChI is InChI=1S/C59H101NO18/c1-3-5-7-9-11-13-14-15-16-17-18-19-20-21-22-23-24-25-26-27-28-29-31-33-35-37-47(65)60-42(43(64)36-34-32-30-12-10-8-6-4-2)41-73-57-53(71)50(68)55(45(39-62)75-57)78-59-54(72)51(69)56(46(40-63)76-59)77-58-52(70)49(67)48(66)44(38-61)74-58/h5,7,10-13,15-16,18-19,34,36,42-46,48-59,61-64,66-72H,3-4,6,8-9,14,17,20-33,35,37-41H2,1-2H3,(H,60,65)/b7-5-,12-10+,13-11-,16-15-,19-18-,36-34+. The number of rotatable bonds is 41. The van der Waals surface area contributed by atoms with E-state index in [2.05, 4.69) is 79.9 Å². The summed E-state index contributed by atoms with van der Waals surface area (Å²) in [6.45, 7) is 1.47. The molecule has 0 aromatic heterocycles. The maximum Gasteiger partial charge on any atom is 0.220 e. The van der Waals surface area contributed by atoms with Crippen LogP contribution in [0, 0.1) is 0 Å². The van der Waals surface area contributed by atoms with Gasteiger partial charge in [-0.3, -0.25) is 4.79 Å². The summed E-state index contributed by atoms with van der Waals surface area (Å²) in [5.74, 6) is -0.296. The first kappa shape index (κ1) is 69.5. The minimum Gasteiger partial charge on any atom is -0.394 e. The van der Waals surface area contributed by atoms with Gasteiger partial charge in [0.05, 0.1) is 38.6 Å². The number of carbonyl (C=O) groups is 1. The van der Waals surface area contributed by atoms with E-state index in [0.717, 1.165) is 83.5 Å². The van der Waals surface area contributed by atoms with E-state index in [1.165, 1.54) is 44.9 Å². The van der Waals surface area contributed by atoms with Crippen LogP contribution in [0.1, 0.15) is 162 Å². The number of aliphatic hydroxyl groups excluding tert-OH is 11. The number of hydrogen-bond donors (Lipinski definition) is 12. The predicted molar refractivity (Wildman–Crippen MR) is 295 cm³/mol. The van der Waals surface area contributed by atoms with Gasteiger partial charge in [-0.15, -0.1) is 0 Å². The average Bonchev–Trinajstić information content (AvgIpc) is 3.48. The number of hydrogen-bond acceptors (Lipinski definition) is 18. The highest BCUT2D eigenvalue weighted by molar-refractivity contribution is 5.76. The Kier molecular flexibility index (Phi) is 37.5. The lowest BCUT2D eigenvalue weighted by molar-refractivity contribution is -0.379. The van der Waals surface area contributed by atoms with Gasteiger partial charge < -0.3 is 89.9 Å². The molecule has 0 aliphatic carbocycles. The van der Waals surface area contributed by atoms with E-state index in [0.29, 0.717) is 12.8 Å². The summed E-state index contributed by atoms with van der Waals surface area (Å²) in [7, 11) is 0. The quantitative estimate of drug-likeness (QED) is 0.0293. The van der Waals surface area contributed by atoms with Gasteiger partial charge in [-0.1, -0.05) is 164 Å². The summed E-state index contributed by atoms with van der Waals surface area (Å²) in [4.78, 5) is 13.3. The number of amides is 1. The topological polar surface area (TPSA) is 307 Å². The highest BCUT2D eigenvalue weighted by atomic mass is 16.8. The van der Waals surface area contributed by atoms with Crippen LogP contribution in [-0.2, 0) is 33.2 Å². The van der Waals surface area contributed by atoms with Crippen molar-refractivity contribution >= 4 is 5.91 Å². The molecule has 0 spiro atoms. The number of allylic oxidation sites excluding steroid dienone is 11. The normalized spacial score (nSPS) is 31.0. The van der Waals surface area contributed by atoms with Crippen LogP contribution < -0.4 is 5.32 Å². The van der Waals surface area contributed by atoms with Crippen LogP contribution in [0.25, 0.3) is 0 Å². The zero-order chi connectivity index (χ0) is 56.9. The smallest absolute Gasteiger partial charge is 0.220 e. The summed E-state index contributed by atoms with van der Waals surface area (Å²) >= 11 is 0. The zero-order valence-corrected chi connectivity index (χ0v) is 46.6. The van der Waals surface area contributed by atoms with Gasteiger partial charge in [0.2, 0.25) is 5.91 Å². The summed E-state index contributed by atoms with van der Waals surface area (Å²) < 4.78 is 34.1. The molecule has 0 saturated carbocycles. The molecule has 3 rings (SSSR count). The second-order valence-electron chi connectivity index (χ2n) is 20.7. The number of carbonyl (C=O) groups excluding carboxylic acids is 1. The molecule has 3 aliphatic heterocycles. The Hall–Kier alpha value is -2.77. The number of aliphatic hydroxyl groups is 11. The SMILES string of the molecule is CC/C=C\C/C=C\C/C=C\C/C=C\CCCCCCCCCCCCCCC(=O)NC(COC1OC(CO)C(OC2OC(CO)C(OC3OC(CO)C(O)C(O)C3O)C(O)C2O)C(O)C1O)C(O)/C=C/CC/C=C/CCCC. The first-order chi connectivity index (χ1) is 37.8. The fourth-order valence-corrected chi connectivity index (χ4v) is 9.42. The van der Waals surface area contributed by atoms with Gasteiger partial charge in [0.25, 0.3) is 0 Å². The van der Waals surface area contributed by atoms with Gasteiger partial charge in [-0.05, 0) is 64.2 Å². The minimum absolute atomic E-state index is 0.228. The fraction of sp³-hybridized carbons (Fsp3) is 0.780. The molecule has 19 nitrogen and oxygen atoms in total. The van der Waals surface area contributed by atoms with Crippen LogP contribution in [0.2, 0.25) is 0 Å². The highest BCUT2D eigenvalue weighted by Crippen LogP contribution is 2.33.